The molecule has 2 heteroatoms. The number of rotatable bonds is 6. The Morgan fingerprint density at radius 2 is 1.86 bits per heavy atom. The summed E-state index contributed by atoms with van der Waals surface area (Å²) < 4.78 is 6.23. The molecule has 0 amide bonds. The van der Waals surface area contributed by atoms with Crippen molar-refractivity contribution in [1.29, 1.82) is 0 Å². The maximum atomic E-state index is 6.23. The number of hydrogen-bond donors (Lipinski definition) is 1. The summed E-state index contributed by atoms with van der Waals surface area (Å²) in [7, 11) is 0. The molecule has 0 spiro atoms. The molecule has 112 valence electrons. The van der Waals surface area contributed by atoms with Gasteiger partial charge in [0.25, 0.3) is 0 Å². The van der Waals surface area contributed by atoms with E-state index in [1.165, 1.54) is 11.1 Å². The predicted molar refractivity (Wildman–Crippen MR) is 88.8 cm³/mol. The average molecular weight is 283 g/mol. The zero-order valence-corrected chi connectivity index (χ0v) is 13.2. The van der Waals surface area contributed by atoms with Crippen LogP contribution in [0.3, 0.4) is 0 Å². The minimum atomic E-state index is -0.102. The normalized spacial score (nSPS) is 13.7. The first kappa shape index (κ1) is 15.6. The third kappa shape index (κ3) is 3.85. The lowest BCUT2D eigenvalue weighted by atomic mass is 9.97. The SMILES string of the molecule is CCC(C)c1ccccc1OC(CN)c1cccc(C)c1. The standard InChI is InChI=1S/C19H25NO/c1-4-15(3)17-10-5-6-11-18(17)21-19(13-20)16-9-7-8-14(2)12-16/h5-12,15,19H,4,13,20H2,1-3H3. The Morgan fingerprint density at radius 1 is 1.10 bits per heavy atom. The van der Waals surface area contributed by atoms with E-state index >= 15 is 0 Å². The van der Waals surface area contributed by atoms with Gasteiger partial charge in [-0.3, -0.25) is 0 Å². The lowest BCUT2D eigenvalue weighted by molar-refractivity contribution is 0.211. The fourth-order valence-corrected chi connectivity index (χ4v) is 2.49. The van der Waals surface area contributed by atoms with Gasteiger partial charge in [-0.25, -0.2) is 0 Å². The van der Waals surface area contributed by atoms with Crippen LogP contribution in [0.25, 0.3) is 0 Å². The maximum absolute atomic E-state index is 6.23. The van der Waals surface area contributed by atoms with Gasteiger partial charge in [-0.15, -0.1) is 0 Å². The molecule has 0 bridgehead atoms. The van der Waals surface area contributed by atoms with Crippen molar-refractivity contribution in [3.05, 3.63) is 65.2 Å². The highest BCUT2D eigenvalue weighted by Gasteiger charge is 2.15. The Balaban J connectivity index is 2.27. The number of aryl methyl sites for hydroxylation is 1. The van der Waals surface area contributed by atoms with Gasteiger partial charge < -0.3 is 10.5 Å². The highest BCUT2D eigenvalue weighted by atomic mass is 16.5. The molecule has 0 radical (unpaired) electrons. The van der Waals surface area contributed by atoms with E-state index in [0.717, 1.165) is 17.7 Å². The van der Waals surface area contributed by atoms with Gasteiger partial charge in [0, 0.05) is 6.54 Å². The van der Waals surface area contributed by atoms with Gasteiger partial charge in [0.2, 0.25) is 0 Å². The van der Waals surface area contributed by atoms with Crippen LogP contribution in [0.4, 0.5) is 0 Å². The van der Waals surface area contributed by atoms with Crippen molar-refractivity contribution < 1.29 is 4.74 Å². The first-order valence-electron chi connectivity index (χ1n) is 7.68. The molecule has 2 nitrogen and oxygen atoms in total. The van der Waals surface area contributed by atoms with Crippen LogP contribution in [0.1, 0.15) is 49.0 Å². The van der Waals surface area contributed by atoms with E-state index in [9.17, 15) is 0 Å². The molecule has 21 heavy (non-hydrogen) atoms. The topological polar surface area (TPSA) is 35.2 Å². The summed E-state index contributed by atoms with van der Waals surface area (Å²) in [4.78, 5) is 0. The lowest BCUT2D eigenvalue weighted by Gasteiger charge is -2.22. The molecule has 0 heterocycles. The van der Waals surface area contributed by atoms with Crippen LogP contribution in [-0.4, -0.2) is 6.54 Å². The van der Waals surface area contributed by atoms with Crippen molar-refractivity contribution in [2.75, 3.05) is 6.54 Å². The highest BCUT2D eigenvalue weighted by Crippen LogP contribution is 2.31. The van der Waals surface area contributed by atoms with Crippen LogP contribution in [0.15, 0.2) is 48.5 Å². The molecule has 0 aliphatic rings. The largest absolute Gasteiger partial charge is 0.484 e. The van der Waals surface area contributed by atoms with Gasteiger partial charge in [-0.2, -0.15) is 0 Å². The van der Waals surface area contributed by atoms with Gasteiger partial charge in [0.15, 0.2) is 0 Å². The molecule has 2 aromatic rings. The first-order chi connectivity index (χ1) is 10.2. The number of ether oxygens (including phenoxy) is 1. The summed E-state index contributed by atoms with van der Waals surface area (Å²) in [5.74, 6) is 1.43. The molecule has 0 aliphatic carbocycles. The van der Waals surface area contributed by atoms with Crippen molar-refractivity contribution in [3.63, 3.8) is 0 Å². The molecule has 2 rings (SSSR count). The second-order valence-electron chi connectivity index (χ2n) is 5.60. The summed E-state index contributed by atoms with van der Waals surface area (Å²) in [6.07, 6.45) is 0.994. The van der Waals surface area contributed by atoms with Crippen LogP contribution in [0.5, 0.6) is 5.75 Å². The molecule has 2 N–H and O–H groups in total. The Labute approximate surface area is 127 Å². The Hall–Kier alpha value is -1.80. The van der Waals surface area contributed by atoms with Gasteiger partial charge in [0.1, 0.15) is 11.9 Å². The predicted octanol–water partition coefficient (Wildman–Crippen LogP) is 4.59. The molecule has 0 fully saturated rings. The zero-order chi connectivity index (χ0) is 15.2. The fourth-order valence-electron chi connectivity index (χ4n) is 2.49. The van der Waals surface area contributed by atoms with Gasteiger partial charge in [0.05, 0.1) is 0 Å². The van der Waals surface area contributed by atoms with Crippen molar-refractivity contribution in [3.8, 4) is 5.75 Å². The van der Waals surface area contributed by atoms with E-state index in [-0.39, 0.29) is 6.10 Å². The molecular weight excluding hydrogens is 258 g/mol. The number of benzene rings is 2. The molecular formula is C19H25NO. The summed E-state index contributed by atoms with van der Waals surface area (Å²) in [6, 6.07) is 16.6. The smallest absolute Gasteiger partial charge is 0.136 e. The Morgan fingerprint density at radius 3 is 2.52 bits per heavy atom. The second kappa shape index (κ2) is 7.28. The summed E-state index contributed by atoms with van der Waals surface area (Å²) >= 11 is 0. The van der Waals surface area contributed by atoms with Crippen LogP contribution in [0, 0.1) is 6.92 Å². The quantitative estimate of drug-likeness (QED) is 0.841. The van der Waals surface area contributed by atoms with E-state index in [1.807, 2.05) is 12.1 Å². The van der Waals surface area contributed by atoms with Crippen molar-refractivity contribution >= 4 is 0 Å². The number of para-hydroxylation sites is 1. The van der Waals surface area contributed by atoms with E-state index in [2.05, 4.69) is 57.2 Å². The molecule has 2 unspecified atom stereocenters. The minimum absolute atomic E-state index is 0.102. The first-order valence-corrected chi connectivity index (χ1v) is 7.68. The molecule has 0 aromatic heterocycles. The maximum Gasteiger partial charge on any atom is 0.136 e. The zero-order valence-electron chi connectivity index (χ0n) is 13.2. The van der Waals surface area contributed by atoms with Crippen molar-refractivity contribution in [2.45, 2.75) is 39.2 Å². The molecule has 0 saturated heterocycles. The highest BCUT2D eigenvalue weighted by molar-refractivity contribution is 5.37. The minimum Gasteiger partial charge on any atom is -0.484 e. The Bertz CT molecular complexity index is 579. The van der Waals surface area contributed by atoms with Crippen LogP contribution in [-0.2, 0) is 0 Å². The third-order valence-electron chi connectivity index (χ3n) is 3.96. The number of hydrogen-bond acceptors (Lipinski definition) is 2. The summed E-state index contributed by atoms with van der Waals surface area (Å²) in [5.41, 5.74) is 9.55. The third-order valence-corrected chi connectivity index (χ3v) is 3.96. The van der Waals surface area contributed by atoms with Gasteiger partial charge in [-0.1, -0.05) is 61.9 Å². The fraction of sp³-hybridized carbons (Fsp3) is 0.368. The van der Waals surface area contributed by atoms with Crippen LogP contribution in [0.2, 0.25) is 0 Å². The van der Waals surface area contributed by atoms with Crippen molar-refractivity contribution in [2.24, 2.45) is 5.73 Å². The summed E-state index contributed by atoms with van der Waals surface area (Å²) in [5, 5.41) is 0. The van der Waals surface area contributed by atoms with E-state index in [0.29, 0.717) is 12.5 Å². The Kier molecular flexibility index (Phi) is 5.40. The van der Waals surface area contributed by atoms with Crippen molar-refractivity contribution in [1.82, 2.24) is 0 Å². The summed E-state index contributed by atoms with van der Waals surface area (Å²) in [6.45, 7) is 6.98. The molecule has 0 aliphatic heterocycles. The number of nitrogens with two attached hydrogens (primary N) is 1. The van der Waals surface area contributed by atoms with Gasteiger partial charge in [-0.05, 0) is 36.5 Å². The van der Waals surface area contributed by atoms with E-state index in [1.54, 1.807) is 0 Å². The van der Waals surface area contributed by atoms with Gasteiger partial charge >= 0.3 is 0 Å². The molecule has 2 aromatic carbocycles. The molecule has 2 atom stereocenters. The van der Waals surface area contributed by atoms with E-state index < -0.39 is 0 Å². The second-order valence-corrected chi connectivity index (χ2v) is 5.60. The lowest BCUT2D eigenvalue weighted by Crippen LogP contribution is -2.19. The molecule has 0 saturated carbocycles. The van der Waals surface area contributed by atoms with Crippen LogP contribution >= 0.6 is 0 Å². The monoisotopic (exact) mass is 283 g/mol. The van der Waals surface area contributed by atoms with E-state index in [4.69, 9.17) is 10.5 Å². The average Bonchev–Trinajstić information content (AvgIpc) is 2.52. The van der Waals surface area contributed by atoms with Crippen LogP contribution < -0.4 is 10.5 Å².